The third kappa shape index (κ3) is 4.97. The maximum Gasteiger partial charge on any atom is 0.0499 e. The number of rotatable bonds is 7. The number of unbranched alkanes of at least 4 members (excludes halogenated alkanes) is 2. The average molecular weight is 241 g/mol. The van der Waals surface area contributed by atoms with E-state index < -0.39 is 0 Å². The number of aliphatic hydroxyl groups is 1. The molecule has 17 heavy (non-hydrogen) atoms. The molecule has 0 radical (unpaired) electrons. The SMILES string of the molecule is CCCCCN(C)CC1(CO)CCC(C)CC1. The molecule has 1 saturated carbocycles. The van der Waals surface area contributed by atoms with E-state index in [-0.39, 0.29) is 5.41 Å². The highest BCUT2D eigenvalue weighted by Crippen LogP contribution is 2.38. The van der Waals surface area contributed by atoms with Crippen molar-refractivity contribution in [1.29, 1.82) is 0 Å². The Morgan fingerprint density at radius 2 is 1.88 bits per heavy atom. The number of hydrogen-bond donors (Lipinski definition) is 1. The van der Waals surface area contributed by atoms with Gasteiger partial charge in [0, 0.05) is 18.6 Å². The molecule has 0 aliphatic heterocycles. The van der Waals surface area contributed by atoms with Gasteiger partial charge in [0.05, 0.1) is 0 Å². The second-order valence-electron chi connectivity index (χ2n) is 6.29. The molecule has 0 atom stereocenters. The molecule has 0 amide bonds. The lowest BCUT2D eigenvalue weighted by molar-refractivity contribution is 0.0362. The lowest BCUT2D eigenvalue weighted by atomic mass is 9.71. The van der Waals surface area contributed by atoms with Crippen molar-refractivity contribution in [2.24, 2.45) is 11.3 Å². The van der Waals surface area contributed by atoms with Gasteiger partial charge < -0.3 is 10.0 Å². The van der Waals surface area contributed by atoms with E-state index in [1.54, 1.807) is 0 Å². The maximum absolute atomic E-state index is 9.72. The zero-order valence-electron chi connectivity index (χ0n) is 12.0. The molecule has 0 spiro atoms. The van der Waals surface area contributed by atoms with Gasteiger partial charge in [0.1, 0.15) is 0 Å². The Kier molecular flexibility index (Phi) is 6.50. The molecule has 0 saturated heterocycles. The van der Waals surface area contributed by atoms with Gasteiger partial charge in [-0.05, 0) is 38.8 Å². The first-order valence-electron chi connectivity index (χ1n) is 7.41. The van der Waals surface area contributed by atoms with Crippen LogP contribution in [0.4, 0.5) is 0 Å². The molecule has 0 aromatic carbocycles. The summed E-state index contributed by atoms with van der Waals surface area (Å²) >= 11 is 0. The van der Waals surface area contributed by atoms with Crippen molar-refractivity contribution in [2.75, 3.05) is 26.7 Å². The first-order valence-corrected chi connectivity index (χ1v) is 7.41. The van der Waals surface area contributed by atoms with Crippen LogP contribution < -0.4 is 0 Å². The fraction of sp³-hybridized carbons (Fsp3) is 1.00. The highest BCUT2D eigenvalue weighted by Gasteiger charge is 2.34. The summed E-state index contributed by atoms with van der Waals surface area (Å²) in [6.45, 7) is 7.23. The molecule has 1 fully saturated rings. The molecule has 2 heteroatoms. The summed E-state index contributed by atoms with van der Waals surface area (Å²) in [7, 11) is 2.21. The highest BCUT2D eigenvalue weighted by molar-refractivity contribution is 4.86. The summed E-state index contributed by atoms with van der Waals surface area (Å²) < 4.78 is 0. The van der Waals surface area contributed by atoms with Crippen LogP contribution in [0.3, 0.4) is 0 Å². The summed E-state index contributed by atoms with van der Waals surface area (Å²) in [5, 5.41) is 9.72. The molecule has 1 rings (SSSR count). The van der Waals surface area contributed by atoms with E-state index in [2.05, 4.69) is 25.8 Å². The van der Waals surface area contributed by atoms with E-state index in [0.29, 0.717) is 6.61 Å². The van der Waals surface area contributed by atoms with Gasteiger partial charge in [-0.25, -0.2) is 0 Å². The first-order chi connectivity index (χ1) is 8.12. The van der Waals surface area contributed by atoms with E-state index in [4.69, 9.17) is 0 Å². The van der Waals surface area contributed by atoms with Crippen LogP contribution in [0.1, 0.15) is 58.8 Å². The van der Waals surface area contributed by atoms with Crippen LogP contribution in [0.2, 0.25) is 0 Å². The molecule has 1 N–H and O–H groups in total. The molecule has 102 valence electrons. The Balaban J connectivity index is 2.34. The predicted molar refractivity (Wildman–Crippen MR) is 74.2 cm³/mol. The minimum Gasteiger partial charge on any atom is -0.396 e. The van der Waals surface area contributed by atoms with Crippen molar-refractivity contribution >= 4 is 0 Å². The first kappa shape index (κ1) is 15.0. The van der Waals surface area contributed by atoms with Gasteiger partial charge in [-0.2, -0.15) is 0 Å². The smallest absolute Gasteiger partial charge is 0.0499 e. The predicted octanol–water partition coefficient (Wildman–Crippen LogP) is 3.30. The Labute approximate surface area is 107 Å². The second-order valence-corrected chi connectivity index (χ2v) is 6.29. The van der Waals surface area contributed by atoms with Crippen LogP contribution in [0.25, 0.3) is 0 Å². The Morgan fingerprint density at radius 3 is 2.41 bits per heavy atom. The highest BCUT2D eigenvalue weighted by atomic mass is 16.3. The van der Waals surface area contributed by atoms with E-state index in [1.165, 1.54) is 51.5 Å². The van der Waals surface area contributed by atoms with Gasteiger partial charge in [0.15, 0.2) is 0 Å². The summed E-state index contributed by atoms with van der Waals surface area (Å²) in [6, 6.07) is 0. The molecule has 0 bridgehead atoms. The monoisotopic (exact) mass is 241 g/mol. The van der Waals surface area contributed by atoms with E-state index in [1.807, 2.05) is 0 Å². The molecule has 1 aliphatic rings. The van der Waals surface area contributed by atoms with Gasteiger partial charge in [-0.3, -0.25) is 0 Å². The zero-order chi connectivity index (χ0) is 12.7. The van der Waals surface area contributed by atoms with Gasteiger partial charge >= 0.3 is 0 Å². The third-order valence-electron chi connectivity index (χ3n) is 4.42. The normalized spacial score (nSPS) is 29.8. The lowest BCUT2D eigenvalue weighted by Crippen LogP contribution is -2.41. The van der Waals surface area contributed by atoms with Crippen molar-refractivity contribution in [3.8, 4) is 0 Å². The van der Waals surface area contributed by atoms with Crippen LogP contribution >= 0.6 is 0 Å². The molecule has 0 unspecified atom stereocenters. The second kappa shape index (κ2) is 7.38. The van der Waals surface area contributed by atoms with Crippen LogP contribution in [0.5, 0.6) is 0 Å². The zero-order valence-corrected chi connectivity index (χ0v) is 12.0. The molecule has 0 aromatic heterocycles. The van der Waals surface area contributed by atoms with Gasteiger partial charge in [-0.1, -0.05) is 39.5 Å². The molecule has 0 aromatic rings. The van der Waals surface area contributed by atoms with Gasteiger partial charge in [-0.15, -0.1) is 0 Å². The largest absolute Gasteiger partial charge is 0.396 e. The number of nitrogens with zero attached hydrogens (tertiary/aromatic N) is 1. The van der Waals surface area contributed by atoms with Crippen molar-refractivity contribution in [2.45, 2.75) is 58.8 Å². The van der Waals surface area contributed by atoms with Gasteiger partial charge in [0.25, 0.3) is 0 Å². The van der Waals surface area contributed by atoms with Crippen molar-refractivity contribution in [3.05, 3.63) is 0 Å². The summed E-state index contributed by atoms with van der Waals surface area (Å²) in [5.41, 5.74) is 0.202. The average Bonchev–Trinajstić information content (AvgIpc) is 2.33. The van der Waals surface area contributed by atoms with Crippen LogP contribution in [0.15, 0.2) is 0 Å². The fourth-order valence-electron chi connectivity index (χ4n) is 3.02. The minimum atomic E-state index is 0.202. The summed E-state index contributed by atoms with van der Waals surface area (Å²) in [5.74, 6) is 0.861. The van der Waals surface area contributed by atoms with Gasteiger partial charge in [0.2, 0.25) is 0 Å². The van der Waals surface area contributed by atoms with Crippen LogP contribution in [-0.4, -0.2) is 36.8 Å². The van der Waals surface area contributed by atoms with E-state index >= 15 is 0 Å². The van der Waals surface area contributed by atoms with E-state index in [9.17, 15) is 5.11 Å². The topological polar surface area (TPSA) is 23.5 Å². The Hall–Kier alpha value is -0.0800. The summed E-state index contributed by atoms with van der Waals surface area (Å²) in [4.78, 5) is 2.43. The van der Waals surface area contributed by atoms with Crippen LogP contribution in [-0.2, 0) is 0 Å². The maximum atomic E-state index is 9.72. The quantitative estimate of drug-likeness (QED) is 0.691. The molecule has 2 nitrogen and oxygen atoms in total. The number of hydrogen-bond acceptors (Lipinski definition) is 2. The minimum absolute atomic E-state index is 0.202. The molecular weight excluding hydrogens is 210 g/mol. The van der Waals surface area contributed by atoms with E-state index in [0.717, 1.165) is 12.5 Å². The molecule has 1 aliphatic carbocycles. The third-order valence-corrected chi connectivity index (χ3v) is 4.42. The van der Waals surface area contributed by atoms with Crippen LogP contribution in [0, 0.1) is 11.3 Å². The summed E-state index contributed by atoms with van der Waals surface area (Å²) in [6.07, 6.45) is 8.92. The van der Waals surface area contributed by atoms with Crippen molar-refractivity contribution in [1.82, 2.24) is 4.90 Å². The van der Waals surface area contributed by atoms with Crippen molar-refractivity contribution in [3.63, 3.8) is 0 Å². The molecular formula is C15H31NO. The van der Waals surface area contributed by atoms with Crippen molar-refractivity contribution < 1.29 is 5.11 Å². The Bertz CT molecular complexity index is 197. The lowest BCUT2D eigenvalue weighted by Gasteiger charge is -2.40. The Morgan fingerprint density at radius 1 is 1.24 bits per heavy atom. The molecule has 0 heterocycles. The fourth-order valence-corrected chi connectivity index (χ4v) is 3.02. The standard InChI is InChI=1S/C15H31NO/c1-4-5-6-11-16(3)12-15(13-17)9-7-14(2)8-10-15/h14,17H,4-13H2,1-3H3. The number of aliphatic hydroxyl groups excluding tert-OH is 1.